The van der Waals surface area contributed by atoms with E-state index in [1.165, 1.54) is 18.6 Å². The molecule has 1 aliphatic heterocycles. The van der Waals surface area contributed by atoms with E-state index in [9.17, 15) is 14.0 Å². The number of benzene rings is 1. The van der Waals surface area contributed by atoms with E-state index in [0.29, 0.717) is 26.2 Å². The van der Waals surface area contributed by atoms with Crippen molar-refractivity contribution in [2.75, 3.05) is 31.1 Å². The smallest absolute Gasteiger partial charge is 0.312 e. The van der Waals surface area contributed by atoms with Crippen LogP contribution in [0.4, 0.5) is 10.1 Å². The summed E-state index contributed by atoms with van der Waals surface area (Å²) in [6.45, 7) is 2.31. The highest BCUT2D eigenvalue weighted by molar-refractivity contribution is 6.35. The summed E-state index contributed by atoms with van der Waals surface area (Å²) < 4.78 is 13.0. The predicted molar refractivity (Wildman–Crippen MR) is 90.2 cm³/mol. The molecule has 0 bridgehead atoms. The van der Waals surface area contributed by atoms with Gasteiger partial charge in [-0.1, -0.05) is 19.3 Å². The Bertz CT molecular complexity index is 576. The fourth-order valence-electron chi connectivity index (χ4n) is 3.46. The van der Waals surface area contributed by atoms with Gasteiger partial charge in [0, 0.05) is 37.9 Å². The number of rotatable bonds is 2. The Labute approximate surface area is 141 Å². The summed E-state index contributed by atoms with van der Waals surface area (Å²) in [6.07, 6.45) is 5.39. The molecule has 1 N–H and O–H groups in total. The largest absolute Gasteiger partial charge is 0.368 e. The number of anilines is 1. The Balaban J connectivity index is 1.49. The summed E-state index contributed by atoms with van der Waals surface area (Å²) in [6, 6.07) is 6.50. The summed E-state index contributed by atoms with van der Waals surface area (Å²) >= 11 is 0. The van der Waals surface area contributed by atoms with Crippen molar-refractivity contribution in [3.05, 3.63) is 30.1 Å². The van der Waals surface area contributed by atoms with E-state index < -0.39 is 11.8 Å². The van der Waals surface area contributed by atoms with Crippen molar-refractivity contribution in [1.82, 2.24) is 10.2 Å². The van der Waals surface area contributed by atoms with Crippen LogP contribution >= 0.6 is 0 Å². The average molecular weight is 333 g/mol. The fraction of sp³-hybridized carbons (Fsp3) is 0.556. The summed E-state index contributed by atoms with van der Waals surface area (Å²) in [4.78, 5) is 28.2. The minimum atomic E-state index is -0.475. The number of carbonyl (C=O) groups excluding carboxylic acids is 2. The maximum atomic E-state index is 13.0. The van der Waals surface area contributed by atoms with Crippen LogP contribution in [0.15, 0.2) is 24.3 Å². The molecule has 0 radical (unpaired) electrons. The first-order chi connectivity index (χ1) is 11.6. The number of halogens is 1. The molecule has 6 heteroatoms. The van der Waals surface area contributed by atoms with E-state index in [2.05, 4.69) is 10.2 Å². The summed E-state index contributed by atoms with van der Waals surface area (Å²) in [5, 5.41) is 2.88. The molecule has 0 spiro atoms. The van der Waals surface area contributed by atoms with E-state index in [1.54, 1.807) is 17.0 Å². The van der Waals surface area contributed by atoms with E-state index >= 15 is 0 Å². The number of amides is 2. The lowest BCUT2D eigenvalue weighted by Crippen LogP contribution is -2.54. The number of nitrogens with zero attached hydrogens (tertiary/aromatic N) is 2. The first-order valence-corrected chi connectivity index (χ1v) is 8.74. The lowest BCUT2D eigenvalue weighted by Gasteiger charge is -2.36. The molecule has 0 unspecified atom stereocenters. The van der Waals surface area contributed by atoms with Gasteiger partial charge in [-0.25, -0.2) is 4.39 Å². The molecule has 2 amide bonds. The van der Waals surface area contributed by atoms with Crippen molar-refractivity contribution < 1.29 is 14.0 Å². The first kappa shape index (κ1) is 16.7. The highest BCUT2D eigenvalue weighted by Gasteiger charge is 2.27. The van der Waals surface area contributed by atoms with Gasteiger partial charge in [-0.3, -0.25) is 9.59 Å². The lowest BCUT2D eigenvalue weighted by atomic mass is 9.95. The molecule has 1 saturated carbocycles. The van der Waals surface area contributed by atoms with Gasteiger partial charge in [-0.15, -0.1) is 0 Å². The summed E-state index contributed by atoms with van der Waals surface area (Å²) in [5.41, 5.74) is 0.940. The van der Waals surface area contributed by atoms with Gasteiger partial charge < -0.3 is 15.1 Å². The zero-order valence-electron chi connectivity index (χ0n) is 13.8. The molecule has 2 fully saturated rings. The second-order valence-electron chi connectivity index (χ2n) is 6.56. The molecule has 1 aromatic carbocycles. The molecule has 1 saturated heterocycles. The number of hydrogen-bond acceptors (Lipinski definition) is 3. The second-order valence-corrected chi connectivity index (χ2v) is 6.56. The van der Waals surface area contributed by atoms with Crippen LogP contribution in [0, 0.1) is 5.82 Å². The first-order valence-electron chi connectivity index (χ1n) is 8.74. The van der Waals surface area contributed by atoms with Gasteiger partial charge >= 0.3 is 11.8 Å². The molecule has 24 heavy (non-hydrogen) atoms. The standard InChI is InChI=1S/C18H24FN3O2/c19-14-6-8-16(9-7-14)21-10-12-22(13-11-21)18(24)17(23)20-15-4-2-1-3-5-15/h6-9,15H,1-5,10-13H2,(H,20,23). The minimum absolute atomic E-state index is 0.149. The zero-order valence-corrected chi connectivity index (χ0v) is 13.8. The summed E-state index contributed by atoms with van der Waals surface area (Å²) in [7, 11) is 0. The monoisotopic (exact) mass is 333 g/mol. The molecule has 0 atom stereocenters. The molecule has 1 heterocycles. The SMILES string of the molecule is O=C(NC1CCCCC1)C(=O)N1CCN(c2ccc(F)cc2)CC1. The lowest BCUT2D eigenvalue weighted by molar-refractivity contribution is -0.146. The number of carbonyl (C=O) groups is 2. The van der Waals surface area contributed by atoms with Crippen molar-refractivity contribution in [3.8, 4) is 0 Å². The van der Waals surface area contributed by atoms with Gasteiger partial charge in [0.1, 0.15) is 5.82 Å². The van der Waals surface area contributed by atoms with Gasteiger partial charge in [0.25, 0.3) is 0 Å². The molecule has 3 rings (SSSR count). The van der Waals surface area contributed by atoms with Crippen LogP contribution < -0.4 is 10.2 Å². The fourth-order valence-corrected chi connectivity index (χ4v) is 3.46. The zero-order chi connectivity index (χ0) is 16.9. The number of nitrogens with one attached hydrogen (secondary N) is 1. The van der Waals surface area contributed by atoms with E-state index in [4.69, 9.17) is 0 Å². The molecule has 2 aliphatic rings. The maximum absolute atomic E-state index is 13.0. The highest BCUT2D eigenvalue weighted by Crippen LogP contribution is 2.18. The Morgan fingerprint density at radius 3 is 2.21 bits per heavy atom. The Kier molecular flexibility index (Phi) is 5.33. The van der Waals surface area contributed by atoms with Gasteiger partial charge in [0.05, 0.1) is 0 Å². The molecular weight excluding hydrogens is 309 g/mol. The normalized spacial score (nSPS) is 19.2. The van der Waals surface area contributed by atoms with Gasteiger partial charge in [0.2, 0.25) is 0 Å². The van der Waals surface area contributed by atoms with Gasteiger partial charge in [0.15, 0.2) is 0 Å². The van der Waals surface area contributed by atoms with Crippen LogP contribution in [0.3, 0.4) is 0 Å². The molecule has 1 aromatic rings. The van der Waals surface area contributed by atoms with Crippen LogP contribution in [0.25, 0.3) is 0 Å². The Hall–Kier alpha value is -2.11. The summed E-state index contributed by atoms with van der Waals surface area (Å²) in [5.74, 6) is -1.16. The van der Waals surface area contributed by atoms with E-state index in [1.807, 2.05) is 0 Å². The predicted octanol–water partition coefficient (Wildman–Crippen LogP) is 1.92. The Morgan fingerprint density at radius 1 is 0.958 bits per heavy atom. The third-order valence-corrected chi connectivity index (χ3v) is 4.89. The minimum Gasteiger partial charge on any atom is -0.368 e. The van der Waals surface area contributed by atoms with E-state index in [0.717, 1.165) is 31.4 Å². The van der Waals surface area contributed by atoms with Crippen LogP contribution in [-0.2, 0) is 9.59 Å². The number of piperazine rings is 1. The third kappa shape index (κ3) is 4.04. The van der Waals surface area contributed by atoms with Crippen LogP contribution in [0.2, 0.25) is 0 Å². The van der Waals surface area contributed by atoms with Gasteiger partial charge in [-0.05, 0) is 37.1 Å². The highest BCUT2D eigenvalue weighted by atomic mass is 19.1. The quantitative estimate of drug-likeness (QED) is 0.842. The molecule has 130 valence electrons. The molecular formula is C18H24FN3O2. The number of hydrogen-bond donors (Lipinski definition) is 1. The second kappa shape index (κ2) is 7.64. The van der Waals surface area contributed by atoms with Crippen molar-refractivity contribution in [3.63, 3.8) is 0 Å². The molecule has 0 aromatic heterocycles. The van der Waals surface area contributed by atoms with Crippen molar-refractivity contribution in [2.24, 2.45) is 0 Å². The third-order valence-electron chi connectivity index (χ3n) is 4.89. The van der Waals surface area contributed by atoms with Crippen LogP contribution in [0.1, 0.15) is 32.1 Å². The maximum Gasteiger partial charge on any atom is 0.312 e. The van der Waals surface area contributed by atoms with Crippen LogP contribution in [-0.4, -0.2) is 48.9 Å². The topological polar surface area (TPSA) is 52.7 Å². The Morgan fingerprint density at radius 2 is 1.58 bits per heavy atom. The molecule has 1 aliphatic carbocycles. The van der Waals surface area contributed by atoms with Crippen molar-refractivity contribution in [1.29, 1.82) is 0 Å². The molecule has 5 nitrogen and oxygen atoms in total. The van der Waals surface area contributed by atoms with Crippen molar-refractivity contribution in [2.45, 2.75) is 38.1 Å². The van der Waals surface area contributed by atoms with E-state index in [-0.39, 0.29) is 11.9 Å². The van der Waals surface area contributed by atoms with Crippen molar-refractivity contribution >= 4 is 17.5 Å². The average Bonchev–Trinajstić information content (AvgIpc) is 2.63. The van der Waals surface area contributed by atoms with Crippen LogP contribution in [0.5, 0.6) is 0 Å². The van der Waals surface area contributed by atoms with Gasteiger partial charge in [-0.2, -0.15) is 0 Å².